The predicted molar refractivity (Wildman–Crippen MR) is 79.6 cm³/mol. The van der Waals surface area contributed by atoms with Gasteiger partial charge in [-0.2, -0.15) is 4.98 Å². The van der Waals surface area contributed by atoms with Gasteiger partial charge in [-0.25, -0.2) is 19.0 Å². The van der Waals surface area contributed by atoms with Crippen LogP contribution in [-0.4, -0.2) is 36.6 Å². The normalized spacial score (nSPS) is 22.4. The van der Waals surface area contributed by atoms with Crippen molar-refractivity contribution >= 4 is 32.1 Å². The van der Waals surface area contributed by atoms with Gasteiger partial charge in [0, 0.05) is 24.2 Å². The van der Waals surface area contributed by atoms with Crippen LogP contribution in [0.4, 0.5) is 5.82 Å². The molecule has 4 N–H and O–H groups in total. The molecule has 0 amide bonds. The molecular weight excluding hydrogens is 314 g/mol. The lowest BCUT2D eigenvalue weighted by Gasteiger charge is -2.34. The fourth-order valence-corrected chi connectivity index (χ4v) is 4.70. The van der Waals surface area contributed by atoms with Crippen molar-refractivity contribution in [2.24, 2.45) is 5.84 Å². The molecule has 2 heterocycles. The number of nitrogen functional groups attached to an aromatic ring is 1. The zero-order chi connectivity index (χ0) is 15.0. The number of hydrogen-bond acceptors (Lipinski definition) is 7. The largest absolute Gasteiger partial charge is 0.378 e. The lowest BCUT2D eigenvalue weighted by Crippen LogP contribution is -2.48. The number of sulfonamides is 1. The Hall–Kier alpha value is -1.20. The SMILES string of the molecule is CCOC1CC(NS(=O)(=O)c2c(NN)nc3sccn23)C1. The molecule has 0 aliphatic heterocycles. The Bertz CT molecular complexity index is 732. The van der Waals surface area contributed by atoms with E-state index < -0.39 is 10.0 Å². The molecule has 116 valence electrons. The van der Waals surface area contributed by atoms with E-state index in [9.17, 15) is 8.42 Å². The van der Waals surface area contributed by atoms with E-state index in [4.69, 9.17) is 10.6 Å². The van der Waals surface area contributed by atoms with Crippen LogP contribution >= 0.6 is 11.3 Å². The van der Waals surface area contributed by atoms with E-state index in [1.54, 1.807) is 11.6 Å². The van der Waals surface area contributed by atoms with Gasteiger partial charge >= 0.3 is 0 Å². The zero-order valence-corrected chi connectivity index (χ0v) is 13.1. The maximum atomic E-state index is 12.5. The van der Waals surface area contributed by atoms with Gasteiger partial charge in [-0.15, -0.1) is 11.3 Å². The third-order valence-electron chi connectivity index (χ3n) is 3.43. The summed E-state index contributed by atoms with van der Waals surface area (Å²) in [4.78, 5) is 4.73. The van der Waals surface area contributed by atoms with Gasteiger partial charge < -0.3 is 10.2 Å². The lowest BCUT2D eigenvalue weighted by atomic mass is 9.90. The molecule has 1 fully saturated rings. The third kappa shape index (κ3) is 2.64. The van der Waals surface area contributed by atoms with Crippen molar-refractivity contribution in [3.8, 4) is 0 Å². The van der Waals surface area contributed by atoms with E-state index in [-0.39, 0.29) is 23.0 Å². The predicted octanol–water partition coefficient (Wildman–Crippen LogP) is 0.527. The van der Waals surface area contributed by atoms with Crippen molar-refractivity contribution in [3.63, 3.8) is 0 Å². The quantitative estimate of drug-likeness (QED) is 0.526. The summed E-state index contributed by atoms with van der Waals surface area (Å²) in [5, 5.41) is 1.82. The molecule has 0 radical (unpaired) electrons. The molecule has 0 bridgehead atoms. The average Bonchev–Trinajstić information content (AvgIpc) is 2.95. The van der Waals surface area contributed by atoms with E-state index >= 15 is 0 Å². The minimum absolute atomic E-state index is 0.0427. The van der Waals surface area contributed by atoms with Crippen LogP contribution in [0.2, 0.25) is 0 Å². The Balaban J connectivity index is 1.82. The van der Waals surface area contributed by atoms with Crippen molar-refractivity contribution in [1.29, 1.82) is 0 Å². The Kier molecular flexibility index (Phi) is 3.88. The van der Waals surface area contributed by atoms with Crippen molar-refractivity contribution in [1.82, 2.24) is 14.1 Å². The second-order valence-electron chi connectivity index (χ2n) is 4.83. The molecular formula is C11H17N5O3S2. The summed E-state index contributed by atoms with van der Waals surface area (Å²) in [6, 6.07) is -0.110. The number of nitrogens with one attached hydrogen (secondary N) is 2. The first-order valence-corrected chi connectivity index (χ1v) is 8.97. The highest BCUT2D eigenvalue weighted by Gasteiger charge is 2.35. The second kappa shape index (κ2) is 5.54. The lowest BCUT2D eigenvalue weighted by molar-refractivity contribution is -0.00477. The molecule has 21 heavy (non-hydrogen) atoms. The van der Waals surface area contributed by atoms with Gasteiger partial charge in [-0.3, -0.25) is 4.40 Å². The first-order chi connectivity index (χ1) is 10.0. The standard InChI is InChI=1S/C11H17N5O3S2/c1-2-19-8-5-7(6-8)15-21(17,18)10-9(14-12)13-11-16(10)3-4-20-11/h3-4,7-8,14-15H,2,5-6,12H2,1H3. The zero-order valence-electron chi connectivity index (χ0n) is 11.4. The molecule has 0 saturated heterocycles. The minimum Gasteiger partial charge on any atom is -0.378 e. The smallest absolute Gasteiger partial charge is 0.260 e. The molecule has 2 aromatic rings. The van der Waals surface area contributed by atoms with E-state index in [1.165, 1.54) is 15.7 Å². The highest BCUT2D eigenvalue weighted by Crippen LogP contribution is 2.28. The highest BCUT2D eigenvalue weighted by atomic mass is 32.2. The number of nitrogens with two attached hydrogens (primary N) is 1. The number of aromatic nitrogens is 2. The maximum absolute atomic E-state index is 12.5. The van der Waals surface area contributed by atoms with Crippen molar-refractivity contribution in [2.45, 2.75) is 36.9 Å². The van der Waals surface area contributed by atoms with Gasteiger partial charge in [-0.05, 0) is 19.8 Å². The number of thiazole rings is 1. The van der Waals surface area contributed by atoms with Crippen LogP contribution < -0.4 is 16.0 Å². The number of hydrazine groups is 1. The van der Waals surface area contributed by atoms with Crippen molar-refractivity contribution in [3.05, 3.63) is 11.6 Å². The Morgan fingerprint density at radius 1 is 1.57 bits per heavy atom. The Morgan fingerprint density at radius 3 is 3.00 bits per heavy atom. The minimum atomic E-state index is -3.70. The molecule has 0 unspecified atom stereocenters. The second-order valence-corrected chi connectivity index (χ2v) is 7.33. The first kappa shape index (κ1) is 14.7. The van der Waals surface area contributed by atoms with E-state index in [1.807, 2.05) is 6.92 Å². The number of hydrogen-bond donors (Lipinski definition) is 3. The molecule has 1 aliphatic rings. The van der Waals surface area contributed by atoms with Crippen LogP contribution in [0.3, 0.4) is 0 Å². The molecule has 0 aromatic carbocycles. The third-order valence-corrected chi connectivity index (χ3v) is 5.73. The molecule has 0 atom stereocenters. The summed E-state index contributed by atoms with van der Waals surface area (Å²) in [5.41, 5.74) is 2.35. The Morgan fingerprint density at radius 2 is 2.33 bits per heavy atom. The van der Waals surface area contributed by atoms with Gasteiger partial charge in [0.15, 0.2) is 10.8 Å². The highest BCUT2D eigenvalue weighted by molar-refractivity contribution is 7.89. The van der Waals surface area contributed by atoms with Gasteiger partial charge in [0.05, 0.1) is 6.10 Å². The van der Waals surface area contributed by atoms with E-state index in [0.29, 0.717) is 24.4 Å². The fraction of sp³-hybridized carbons (Fsp3) is 0.545. The van der Waals surface area contributed by atoms with Crippen LogP contribution in [0.25, 0.3) is 4.96 Å². The maximum Gasteiger partial charge on any atom is 0.260 e. The summed E-state index contributed by atoms with van der Waals surface area (Å²) in [5.74, 6) is 5.52. The molecule has 2 aromatic heterocycles. The van der Waals surface area contributed by atoms with Gasteiger partial charge in [0.25, 0.3) is 10.0 Å². The van der Waals surface area contributed by atoms with Crippen LogP contribution in [0.1, 0.15) is 19.8 Å². The number of anilines is 1. The number of nitrogens with zero attached hydrogens (tertiary/aromatic N) is 2. The summed E-state index contributed by atoms with van der Waals surface area (Å²) in [7, 11) is -3.70. The average molecular weight is 331 g/mol. The monoisotopic (exact) mass is 331 g/mol. The molecule has 1 saturated carbocycles. The van der Waals surface area contributed by atoms with E-state index in [0.717, 1.165) is 0 Å². The van der Waals surface area contributed by atoms with Crippen molar-refractivity contribution in [2.75, 3.05) is 12.0 Å². The summed E-state index contributed by atoms with van der Waals surface area (Å²) in [6.07, 6.45) is 3.17. The molecule has 1 aliphatic carbocycles. The Labute approximate surface area is 126 Å². The summed E-state index contributed by atoms with van der Waals surface area (Å²) >= 11 is 1.34. The first-order valence-electron chi connectivity index (χ1n) is 6.61. The molecule has 0 spiro atoms. The summed E-state index contributed by atoms with van der Waals surface area (Å²) in [6.45, 7) is 2.57. The van der Waals surface area contributed by atoms with Gasteiger partial charge in [0.2, 0.25) is 5.03 Å². The fourth-order valence-electron chi connectivity index (χ4n) is 2.42. The number of rotatable bonds is 6. The molecule has 8 nitrogen and oxygen atoms in total. The number of imidazole rings is 1. The number of fused-ring (bicyclic) bond motifs is 1. The summed E-state index contributed by atoms with van der Waals surface area (Å²) < 4.78 is 34.7. The van der Waals surface area contributed by atoms with Crippen LogP contribution in [0.15, 0.2) is 16.6 Å². The van der Waals surface area contributed by atoms with E-state index in [2.05, 4.69) is 15.1 Å². The van der Waals surface area contributed by atoms with Gasteiger partial charge in [-0.1, -0.05) is 0 Å². The van der Waals surface area contributed by atoms with Crippen LogP contribution in [0, 0.1) is 0 Å². The topological polar surface area (TPSA) is 111 Å². The molecule has 3 rings (SSSR count). The molecule has 10 heteroatoms. The van der Waals surface area contributed by atoms with Crippen LogP contribution in [0.5, 0.6) is 0 Å². The van der Waals surface area contributed by atoms with Crippen LogP contribution in [-0.2, 0) is 14.8 Å². The number of ether oxygens (including phenoxy) is 1. The van der Waals surface area contributed by atoms with Gasteiger partial charge in [0.1, 0.15) is 0 Å². The van der Waals surface area contributed by atoms with Crippen molar-refractivity contribution < 1.29 is 13.2 Å².